The normalized spacial score (nSPS) is 17.7. The van der Waals surface area contributed by atoms with Crippen molar-refractivity contribution in [1.82, 2.24) is 0 Å². The Morgan fingerprint density at radius 3 is 1.51 bits per heavy atom. The molecule has 228 valence electrons. The van der Waals surface area contributed by atoms with Gasteiger partial charge in [0.25, 0.3) is 0 Å². The third kappa shape index (κ3) is 4.90. The Morgan fingerprint density at radius 1 is 0.404 bits per heavy atom. The van der Waals surface area contributed by atoms with E-state index in [0.29, 0.717) is 3.67 Å². The van der Waals surface area contributed by atoms with Gasteiger partial charge in [0.1, 0.15) is 0 Å². The number of allylic oxidation sites excluding steroid dienone is 2. The van der Waals surface area contributed by atoms with E-state index >= 15 is 0 Å². The second kappa shape index (κ2) is 12.7. The molecule has 3 aliphatic carbocycles. The van der Waals surface area contributed by atoms with Crippen LogP contribution in [0.5, 0.6) is 0 Å². The molecular formula is C44H34Cl2Hf. The summed E-state index contributed by atoms with van der Waals surface area (Å²) in [6, 6.07) is 55.4. The van der Waals surface area contributed by atoms with Crippen LogP contribution in [0, 0.1) is 0 Å². The fourth-order valence-corrected chi connectivity index (χ4v) is 24.9. The molecule has 3 aliphatic rings. The van der Waals surface area contributed by atoms with E-state index in [0.717, 1.165) is 0 Å². The predicted octanol–water partition coefficient (Wildman–Crippen LogP) is 3.93. The molecule has 0 saturated carbocycles. The number of rotatable bonds is 5. The summed E-state index contributed by atoms with van der Waals surface area (Å²) in [6.45, 7) is 0. The van der Waals surface area contributed by atoms with E-state index in [9.17, 15) is 0 Å². The predicted molar refractivity (Wildman–Crippen MR) is 186 cm³/mol. The van der Waals surface area contributed by atoms with Gasteiger partial charge in [-0.25, -0.2) is 0 Å². The van der Waals surface area contributed by atoms with Gasteiger partial charge in [-0.3, -0.25) is 0 Å². The quantitative estimate of drug-likeness (QED) is 0.232. The average molecular weight is 812 g/mol. The van der Waals surface area contributed by atoms with Gasteiger partial charge in [0.05, 0.1) is 0 Å². The van der Waals surface area contributed by atoms with Crippen molar-refractivity contribution in [3.8, 4) is 11.1 Å². The molecule has 3 heteroatoms. The maximum absolute atomic E-state index is 3.69. The van der Waals surface area contributed by atoms with Crippen molar-refractivity contribution in [3.63, 3.8) is 0 Å². The second-order valence-corrected chi connectivity index (χ2v) is 27.8. The minimum absolute atomic E-state index is 0. The second-order valence-electron chi connectivity index (χ2n) is 12.9. The van der Waals surface area contributed by atoms with Crippen LogP contribution in [0.1, 0.15) is 60.0 Å². The minimum Gasteiger partial charge on any atom is -1.00 e. The van der Waals surface area contributed by atoms with E-state index in [-0.39, 0.29) is 36.6 Å². The molecule has 6 aromatic rings. The summed E-state index contributed by atoms with van der Waals surface area (Å²) in [5.41, 5.74) is 14.5. The zero-order chi connectivity index (χ0) is 30.0. The monoisotopic (exact) mass is 812 g/mol. The number of hydrogen-bond acceptors (Lipinski definition) is 0. The van der Waals surface area contributed by atoms with Crippen LogP contribution in [0.15, 0.2) is 158 Å². The van der Waals surface area contributed by atoms with Gasteiger partial charge < -0.3 is 24.8 Å². The third-order valence-electron chi connectivity index (χ3n) is 10.7. The molecule has 47 heavy (non-hydrogen) atoms. The molecule has 3 unspecified atom stereocenters. The summed E-state index contributed by atoms with van der Waals surface area (Å²) in [7, 11) is 0. The van der Waals surface area contributed by atoms with E-state index in [2.05, 4.69) is 175 Å². The van der Waals surface area contributed by atoms with E-state index in [1.165, 1.54) is 50.1 Å². The summed E-state index contributed by atoms with van der Waals surface area (Å²) in [4.78, 5) is 0. The Balaban J connectivity index is 0.00000176. The van der Waals surface area contributed by atoms with Gasteiger partial charge in [-0.2, -0.15) is 0 Å². The van der Waals surface area contributed by atoms with Crippen LogP contribution >= 0.6 is 0 Å². The van der Waals surface area contributed by atoms with Crippen LogP contribution < -0.4 is 31.5 Å². The topological polar surface area (TPSA) is 0 Å². The molecule has 6 aromatic carbocycles. The first kappa shape index (κ1) is 31.8. The first-order chi connectivity index (χ1) is 22.2. The van der Waals surface area contributed by atoms with E-state index in [1.807, 2.05) is 0 Å². The summed E-state index contributed by atoms with van der Waals surface area (Å²) in [6.07, 6.45) is 9.61. The molecule has 0 spiro atoms. The Bertz CT molecular complexity index is 2110. The Hall–Kier alpha value is -3.75. The van der Waals surface area contributed by atoms with Crippen molar-refractivity contribution in [3.05, 3.63) is 202 Å². The fraction of sp³-hybridized carbons (Fsp3) is 0.0909. The van der Waals surface area contributed by atoms with Gasteiger partial charge in [-0.15, -0.1) is 0 Å². The number of halogens is 2. The van der Waals surface area contributed by atoms with Gasteiger partial charge in [-0.1, -0.05) is 0 Å². The Labute approximate surface area is 295 Å². The van der Waals surface area contributed by atoms with Gasteiger partial charge in [0.15, 0.2) is 0 Å². The van der Waals surface area contributed by atoms with E-state index in [1.54, 1.807) is 12.2 Å². The molecule has 0 aliphatic heterocycles. The average Bonchev–Trinajstić information content (AvgIpc) is 3.82. The molecule has 0 radical (unpaired) electrons. The van der Waals surface area contributed by atoms with Gasteiger partial charge >= 0.3 is 272 Å². The number of fused-ring (bicyclic) bond motifs is 5. The van der Waals surface area contributed by atoms with Crippen LogP contribution in [0.25, 0.3) is 23.3 Å². The summed E-state index contributed by atoms with van der Waals surface area (Å²) in [5, 5.41) is 0. The SMILES string of the molecule is [CH3][Hf+2]([c]1ccccc1)([c]1ccccc1)[CH]1c2ccccc2-c2ccc(C3C=Cc4ccccc43)c(C3C=Cc4ccccc43)c21.[Cl-].[Cl-]. The first-order valence-electron chi connectivity index (χ1n) is 16.1. The molecule has 0 N–H and O–H groups in total. The van der Waals surface area contributed by atoms with E-state index in [4.69, 9.17) is 0 Å². The molecule has 0 nitrogen and oxygen atoms in total. The largest absolute Gasteiger partial charge is 1.00 e. The van der Waals surface area contributed by atoms with Crippen molar-refractivity contribution in [2.24, 2.45) is 0 Å². The van der Waals surface area contributed by atoms with Crippen molar-refractivity contribution < 1.29 is 44.8 Å². The zero-order valence-corrected chi connectivity index (χ0v) is 31.3. The van der Waals surface area contributed by atoms with Gasteiger partial charge in [0.2, 0.25) is 0 Å². The standard InChI is InChI=1S/C31H21.2C6H5.CH3.2ClH.Hf/c1-4-10-23-20(7-1)13-15-26(23)29-18-17-27-25-12-6-3-9-22(25)19-30(27)31(29)28-16-14-21-8-2-5-11-24(21)28;2*1-2-4-6-5-3-1;;;;/h1-19,26,28H;2*1-5H;1H3;2*1H;/q;;;;;;+2/p-2. The molecule has 0 saturated heterocycles. The molecule has 0 aromatic heterocycles. The zero-order valence-electron chi connectivity index (χ0n) is 26.2. The Morgan fingerprint density at radius 2 is 0.894 bits per heavy atom. The van der Waals surface area contributed by atoms with Crippen molar-refractivity contribution in [2.45, 2.75) is 20.2 Å². The van der Waals surface area contributed by atoms with Gasteiger partial charge in [0, 0.05) is 0 Å². The molecule has 0 heterocycles. The number of hydrogen-bond donors (Lipinski definition) is 0. The molecule has 0 bridgehead atoms. The van der Waals surface area contributed by atoms with Crippen LogP contribution in [-0.4, -0.2) is 0 Å². The summed E-state index contributed by atoms with van der Waals surface area (Å²) < 4.78 is 6.18. The van der Waals surface area contributed by atoms with Crippen molar-refractivity contribution in [1.29, 1.82) is 0 Å². The van der Waals surface area contributed by atoms with Crippen molar-refractivity contribution >= 4 is 18.8 Å². The van der Waals surface area contributed by atoms with Gasteiger partial charge in [-0.05, 0) is 0 Å². The number of benzene rings is 6. The smallest absolute Gasteiger partial charge is 1.00 e. The Kier molecular flexibility index (Phi) is 8.60. The third-order valence-corrected chi connectivity index (χ3v) is 28.1. The van der Waals surface area contributed by atoms with E-state index < -0.39 is 20.0 Å². The molecule has 0 amide bonds. The van der Waals surface area contributed by atoms with Crippen LogP contribution in [-0.2, 0) is 20.0 Å². The fourth-order valence-electron chi connectivity index (χ4n) is 8.66. The maximum Gasteiger partial charge on any atom is -1.00 e. The first-order valence-corrected chi connectivity index (χ1v) is 25.4. The maximum atomic E-state index is 2.70. The van der Waals surface area contributed by atoms with Crippen LogP contribution in [0.4, 0.5) is 0 Å². The molecule has 9 rings (SSSR count). The van der Waals surface area contributed by atoms with Crippen LogP contribution in [0.2, 0.25) is 4.68 Å². The van der Waals surface area contributed by atoms with Crippen LogP contribution in [0.3, 0.4) is 0 Å². The van der Waals surface area contributed by atoms with Crippen molar-refractivity contribution in [2.75, 3.05) is 0 Å². The molecule has 3 atom stereocenters. The minimum atomic E-state index is -3.69. The summed E-state index contributed by atoms with van der Waals surface area (Å²) in [5.74, 6) is 0.455. The molecular weight excluding hydrogens is 778 g/mol. The molecule has 0 fully saturated rings. The summed E-state index contributed by atoms with van der Waals surface area (Å²) >= 11 is -3.69.